The number of halogens is 2. The van der Waals surface area contributed by atoms with Gasteiger partial charge in [-0.3, -0.25) is 0 Å². The van der Waals surface area contributed by atoms with Gasteiger partial charge < -0.3 is 0 Å². The normalized spacial score (nSPS) is 94.0. The summed E-state index contributed by atoms with van der Waals surface area (Å²) in [5.74, 6) is 3.16. The van der Waals surface area contributed by atoms with Crippen LogP contribution in [0.3, 0.4) is 0 Å². The van der Waals surface area contributed by atoms with Gasteiger partial charge in [-0.2, -0.15) is 0 Å². The molecule has 0 aromatic rings. The smallest absolute Gasteiger partial charge is 0.0575 e. The predicted molar refractivity (Wildman–Crippen MR) is 35.7 cm³/mol. The third-order valence-corrected chi connectivity index (χ3v) is 5.64. The molecule has 0 aromatic carbocycles. The van der Waals surface area contributed by atoms with Gasteiger partial charge in [-0.15, -0.1) is 23.2 Å². The van der Waals surface area contributed by atoms with Crippen molar-refractivity contribution in [2.45, 2.75) is 16.2 Å². The molecule has 0 heterocycles. The van der Waals surface area contributed by atoms with Crippen LogP contribution in [0.4, 0.5) is 0 Å². The van der Waals surface area contributed by atoms with E-state index in [9.17, 15) is 0 Å². The second kappa shape index (κ2) is 0.753. The first kappa shape index (κ1) is 4.46. The van der Waals surface area contributed by atoms with Crippen molar-refractivity contribution >= 4 is 23.2 Å². The van der Waals surface area contributed by atoms with E-state index >= 15 is 0 Å². The summed E-state index contributed by atoms with van der Waals surface area (Å²) in [6.07, 6.45) is 1.35. The minimum absolute atomic E-state index is 0.256. The van der Waals surface area contributed by atoms with Crippen molar-refractivity contribution < 1.29 is 0 Å². The Kier molecular flexibility index (Phi) is 0.373. The molecule has 0 aromatic heterocycles. The lowest BCUT2D eigenvalue weighted by Crippen LogP contribution is -2.30. The van der Waals surface area contributed by atoms with Crippen molar-refractivity contribution in [1.29, 1.82) is 0 Å². The quantitative estimate of drug-likeness (QED) is 0.475. The van der Waals surface area contributed by atoms with Crippen LogP contribution in [0.5, 0.6) is 0 Å². The second-order valence-corrected chi connectivity index (χ2v) is 5.37. The first-order valence-electron chi connectivity index (χ1n) is 3.59. The number of hydrogen-bond donors (Lipinski definition) is 0. The van der Waals surface area contributed by atoms with Crippen LogP contribution in [-0.4, -0.2) is 9.75 Å². The maximum absolute atomic E-state index is 6.27. The molecule has 0 nitrogen and oxygen atoms in total. The van der Waals surface area contributed by atoms with Gasteiger partial charge in [-0.25, -0.2) is 0 Å². The zero-order valence-electron chi connectivity index (χ0n) is 4.77. The fraction of sp³-hybridized carbons (Fsp3) is 1.00. The Morgan fingerprint density at radius 3 is 1.56 bits per heavy atom. The van der Waals surface area contributed by atoms with Gasteiger partial charge >= 0.3 is 0 Å². The zero-order chi connectivity index (χ0) is 6.02. The summed E-state index contributed by atoms with van der Waals surface area (Å²) in [6.45, 7) is 0. The van der Waals surface area contributed by atoms with Gasteiger partial charge in [0.25, 0.3) is 0 Å². The van der Waals surface area contributed by atoms with Crippen molar-refractivity contribution in [3.05, 3.63) is 0 Å². The molecule has 2 bridgehead atoms. The SMILES string of the molecule is ClC12C3[C@H]1C[C@H]1C2C31Cl. The van der Waals surface area contributed by atoms with Gasteiger partial charge in [0.2, 0.25) is 0 Å². The Bertz CT molecular complexity index is 203. The molecule has 9 heavy (non-hydrogen) atoms. The average Bonchev–Trinajstić information content (AvgIpc) is 2.38. The van der Waals surface area contributed by atoms with Crippen LogP contribution >= 0.6 is 23.2 Å². The Hall–Kier alpha value is 0.580. The molecule has 5 fully saturated rings. The molecule has 5 saturated carbocycles. The lowest BCUT2D eigenvalue weighted by atomic mass is 9.99. The molecule has 0 N–H and O–H groups in total. The van der Waals surface area contributed by atoms with Crippen molar-refractivity contribution in [2.24, 2.45) is 23.7 Å². The molecule has 0 saturated heterocycles. The lowest BCUT2D eigenvalue weighted by Gasteiger charge is -2.22. The van der Waals surface area contributed by atoms with Crippen molar-refractivity contribution in [3.8, 4) is 0 Å². The maximum Gasteiger partial charge on any atom is 0.0575 e. The Morgan fingerprint density at radius 1 is 1.00 bits per heavy atom. The lowest BCUT2D eigenvalue weighted by molar-refractivity contribution is 0.488. The van der Waals surface area contributed by atoms with Gasteiger partial charge in [0, 0.05) is 11.8 Å². The van der Waals surface area contributed by atoms with Gasteiger partial charge in [-0.1, -0.05) is 0 Å². The van der Waals surface area contributed by atoms with Crippen LogP contribution in [0, 0.1) is 23.7 Å². The topological polar surface area (TPSA) is 0 Å². The maximum atomic E-state index is 6.27. The van der Waals surface area contributed by atoms with Gasteiger partial charge in [0.1, 0.15) is 0 Å². The molecule has 0 aliphatic heterocycles. The minimum Gasteiger partial charge on any atom is -0.118 e. The molecule has 4 unspecified atom stereocenters. The second-order valence-electron chi connectivity index (χ2n) is 4.06. The van der Waals surface area contributed by atoms with E-state index in [-0.39, 0.29) is 9.75 Å². The van der Waals surface area contributed by atoms with Crippen LogP contribution < -0.4 is 0 Å². The number of alkyl halides is 2. The van der Waals surface area contributed by atoms with Gasteiger partial charge in [0.05, 0.1) is 9.75 Å². The summed E-state index contributed by atoms with van der Waals surface area (Å²) in [7, 11) is 0. The highest BCUT2D eigenvalue weighted by molar-refractivity contribution is 6.38. The van der Waals surface area contributed by atoms with Crippen molar-refractivity contribution in [2.75, 3.05) is 0 Å². The molecule has 5 aliphatic carbocycles. The fourth-order valence-electron chi connectivity index (χ4n) is 3.85. The highest BCUT2D eigenvalue weighted by atomic mass is 35.5. The fourth-order valence-corrected chi connectivity index (χ4v) is 5.59. The van der Waals surface area contributed by atoms with E-state index in [1.165, 1.54) is 6.42 Å². The zero-order valence-corrected chi connectivity index (χ0v) is 6.28. The third kappa shape index (κ3) is 0.187. The van der Waals surface area contributed by atoms with Crippen LogP contribution in [0.25, 0.3) is 0 Å². The van der Waals surface area contributed by atoms with Gasteiger partial charge in [0.15, 0.2) is 0 Å². The molecular formula is C7H6Cl2. The van der Waals surface area contributed by atoms with E-state index in [2.05, 4.69) is 0 Å². The van der Waals surface area contributed by atoms with E-state index in [1.807, 2.05) is 0 Å². The molecule has 5 rings (SSSR count). The van der Waals surface area contributed by atoms with E-state index in [0.29, 0.717) is 0 Å². The molecule has 0 radical (unpaired) electrons. The summed E-state index contributed by atoms with van der Waals surface area (Å²) < 4.78 is 0. The summed E-state index contributed by atoms with van der Waals surface area (Å²) in [5.41, 5.74) is 0. The number of hydrogen-bond acceptors (Lipinski definition) is 0. The summed E-state index contributed by atoms with van der Waals surface area (Å²) in [4.78, 5) is 0.513. The molecule has 6 atom stereocenters. The summed E-state index contributed by atoms with van der Waals surface area (Å²) in [6, 6.07) is 0. The van der Waals surface area contributed by atoms with Crippen LogP contribution in [0.1, 0.15) is 6.42 Å². The minimum atomic E-state index is 0.256. The van der Waals surface area contributed by atoms with Crippen LogP contribution in [0.15, 0.2) is 0 Å². The first-order valence-corrected chi connectivity index (χ1v) is 4.35. The van der Waals surface area contributed by atoms with Crippen LogP contribution in [0.2, 0.25) is 0 Å². The summed E-state index contributed by atoms with van der Waals surface area (Å²) >= 11 is 12.5. The highest BCUT2D eigenvalue weighted by Gasteiger charge is 3.04. The first-order chi connectivity index (χ1) is 4.22. The molecule has 0 amide bonds. The summed E-state index contributed by atoms with van der Waals surface area (Å²) in [5, 5.41) is 0. The molecule has 5 aliphatic rings. The highest BCUT2D eigenvalue weighted by Crippen LogP contribution is 3.00. The monoisotopic (exact) mass is 160 g/mol. The Balaban J connectivity index is 2.07. The average molecular weight is 161 g/mol. The number of rotatable bonds is 0. The largest absolute Gasteiger partial charge is 0.118 e. The van der Waals surface area contributed by atoms with Gasteiger partial charge in [-0.05, 0) is 18.3 Å². The van der Waals surface area contributed by atoms with E-state index < -0.39 is 0 Å². The molecular weight excluding hydrogens is 155 g/mol. The van der Waals surface area contributed by atoms with Crippen molar-refractivity contribution in [1.82, 2.24) is 0 Å². The molecule has 48 valence electrons. The molecule has 0 spiro atoms. The van der Waals surface area contributed by atoms with E-state index in [0.717, 1.165) is 23.7 Å². The molecule has 2 heteroatoms. The standard InChI is InChI=1S/C7H6Cl2/c8-6-2-1-3-5(6)7(3,9)4(2)6/h2-5H,1H2/t2-,3+,4?,5?,6?,7?. The third-order valence-electron chi connectivity index (χ3n) is 4.14. The van der Waals surface area contributed by atoms with Crippen molar-refractivity contribution in [3.63, 3.8) is 0 Å². The van der Waals surface area contributed by atoms with Crippen LogP contribution in [-0.2, 0) is 0 Å². The Labute approximate surface area is 63.5 Å². The Morgan fingerprint density at radius 2 is 1.44 bits per heavy atom. The van der Waals surface area contributed by atoms with E-state index in [1.54, 1.807) is 0 Å². The predicted octanol–water partition coefficient (Wildman–Crippen LogP) is 1.85. The van der Waals surface area contributed by atoms with E-state index in [4.69, 9.17) is 23.2 Å².